The Morgan fingerprint density at radius 2 is 2.15 bits per heavy atom. The van der Waals surface area contributed by atoms with E-state index in [1.165, 1.54) is 0 Å². The van der Waals surface area contributed by atoms with Gasteiger partial charge in [0.15, 0.2) is 0 Å². The van der Waals surface area contributed by atoms with Crippen molar-refractivity contribution in [3.63, 3.8) is 0 Å². The number of rotatable bonds is 7. The van der Waals surface area contributed by atoms with Crippen LogP contribution < -0.4 is 15.8 Å². The van der Waals surface area contributed by atoms with Crippen molar-refractivity contribution in [3.8, 4) is 5.75 Å². The van der Waals surface area contributed by atoms with Crippen molar-refractivity contribution >= 4 is 29.7 Å². The van der Waals surface area contributed by atoms with Gasteiger partial charge < -0.3 is 20.5 Å². The molecule has 0 saturated carbocycles. The number of hydrogen-bond acceptors (Lipinski definition) is 4. The van der Waals surface area contributed by atoms with Crippen molar-refractivity contribution in [2.24, 2.45) is 0 Å². The van der Waals surface area contributed by atoms with Crippen LogP contribution in [-0.2, 0) is 9.53 Å². The molecular weight excluding hydrogens is 280 g/mol. The summed E-state index contributed by atoms with van der Waals surface area (Å²) in [6.07, 6.45) is 1.52. The minimum absolute atomic E-state index is 0. The van der Waals surface area contributed by atoms with E-state index in [0.717, 1.165) is 12.8 Å². The molecule has 3 N–H and O–H groups in total. The highest BCUT2D eigenvalue weighted by Gasteiger charge is 2.13. The summed E-state index contributed by atoms with van der Waals surface area (Å²) < 4.78 is 10.5. The Labute approximate surface area is 126 Å². The second-order valence-corrected chi connectivity index (χ2v) is 4.31. The van der Waals surface area contributed by atoms with Crippen LogP contribution in [0.25, 0.3) is 0 Å². The molecule has 1 aromatic carbocycles. The van der Waals surface area contributed by atoms with Crippen LogP contribution in [0.1, 0.15) is 26.7 Å². The third-order valence-corrected chi connectivity index (χ3v) is 2.73. The van der Waals surface area contributed by atoms with E-state index < -0.39 is 6.10 Å². The molecule has 1 amide bonds. The second kappa shape index (κ2) is 9.44. The van der Waals surface area contributed by atoms with Gasteiger partial charge in [0.1, 0.15) is 11.9 Å². The minimum Gasteiger partial charge on any atom is -0.495 e. The van der Waals surface area contributed by atoms with Crippen LogP contribution in [0.3, 0.4) is 0 Å². The van der Waals surface area contributed by atoms with Crippen molar-refractivity contribution in [1.82, 2.24) is 0 Å². The SMILES string of the molecule is CCCCOC(C)C(=O)Nc1ccc(OC)c(N)c1.Cl. The number of anilines is 2. The zero-order valence-corrected chi connectivity index (χ0v) is 13.0. The molecule has 1 rings (SSSR count). The number of benzene rings is 1. The van der Waals surface area contributed by atoms with Gasteiger partial charge in [-0.05, 0) is 31.5 Å². The summed E-state index contributed by atoms with van der Waals surface area (Å²) in [5.41, 5.74) is 6.89. The minimum atomic E-state index is -0.477. The molecule has 0 aliphatic rings. The van der Waals surface area contributed by atoms with E-state index in [0.29, 0.717) is 23.7 Å². The molecule has 6 heteroatoms. The number of hydrogen-bond donors (Lipinski definition) is 2. The van der Waals surface area contributed by atoms with Crippen LogP contribution >= 0.6 is 12.4 Å². The van der Waals surface area contributed by atoms with E-state index in [9.17, 15) is 4.79 Å². The van der Waals surface area contributed by atoms with Crippen LogP contribution in [0, 0.1) is 0 Å². The predicted octanol–water partition coefficient (Wildman–Crippen LogP) is 2.84. The molecule has 5 nitrogen and oxygen atoms in total. The summed E-state index contributed by atoms with van der Waals surface area (Å²) in [7, 11) is 1.55. The van der Waals surface area contributed by atoms with Crippen molar-refractivity contribution in [3.05, 3.63) is 18.2 Å². The van der Waals surface area contributed by atoms with Crippen LogP contribution in [-0.4, -0.2) is 25.7 Å². The number of methoxy groups -OCH3 is 1. The highest BCUT2D eigenvalue weighted by Crippen LogP contribution is 2.24. The van der Waals surface area contributed by atoms with E-state index in [4.69, 9.17) is 15.2 Å². The topological polar surface area (TPSA) is 73.6 Å². The highest BCUT2D eigenvalue weighted by atomic mass is 35.5. The van der Waals surface area contributed by atoms with Gasteiger partial charge in [-0.3, -0.25) is 4.79 Å². The summed E-state index contributed by atoms with van der Waals surface area (Å²) in [4.78, 5) is 11.9. The summed E-state index contributed by atoms with van der Waals surface area (Å²) in [5.74, 6) is 0.408. The van der Waals surface area contributed by atoms with Crippen molar-refractivity contribution < 1.29 is 14.3 Å². The predicted molar refractivity (Wildman–Crippen MR) is 83.6 cm³/mol. The van der Waals surface area contributed by atoms with Gasteiger partial charge in [-0.15, -0.1) is 12.4 Å². The first-order chi connectivity index (χ1) is 9.08. The fourth-order valence-electron chi connectivity index (χ4n) is 1.54. The quantitative estimate of drug-likeness (QED) is 0.600. The van der Waals surface area contributed by atoms with E-state index in [2.05, 4.69) is 12.2 Å². The molecule has 0 aromatic heterocycles. The van der Waals surface area contributed by atoms with Crippen LogP contribution in [0.2, 0.25) is 0 Å². The van der Waals surface area contributed by atoms with Gasteiger partial charge in [0.2, 0.25) is 0 Å². The maximum atomic E-state index is 11.9. The van der Waals surface area contributed by atoms with E-state index in [-0.39, 0.29) is 18.3 Å². The molecule has 114 valence electrons. The van der Waals surface area contributed by atoms with Gasteiger partial charge >= 0.3 is 0 Å². The maximum Gasteiger partial charge on any atom is 0.253 e. The molecule has 0 aliphatic carbocycles. The lowest BCUT2D eigenvalue weighted by atomic mass is 10.2. The smallest absolute Gasteiger partial charge is 0.253 e. The number of amides is 1. The second-order valence-electron chi connectivity index (χ2n) is 4.31. The molecule has 0 radical (unpaired) electrons. The van der Waals surface area contributed by atoms with E-state index in [1.54, 1.807) is 32.2 Å². The number of nitrogens with two attached hydrogens (primary N) is 1. The number of nitrogens with one attached hydrogen (secondary N) is 1. The van der Waals surface area contributed by atoms with E-state index in [1.807, 2.05) is 0 Å². The lowest BCUT2D eigenvalue weighted by molar-refractivity contribution is -0.126. The molecular formula is C14H23ClN2O3. The number of halogens is 1. The normalized spacial score (nSPS) is 11.3. The monoisotopic (exact) mass is 302 g/mol. The molecule has 1 unspecified atom stereocenters. The highest BCUT2D eigenvalue weighted by molar-refractivity contribution is 5.94. The van der Waals surface area contributed by atoms with Gasteiger partial charge in [-0.2, -0.15) is 0 Å². The number of unbranched alkanes of at least 4 members (excludes halogenated alkanes) is 1. The third-order valence-electron chi connectivity index (χ3n) is 2.73. The molecule has 1 atom stereocenters. The molecule has 0 fully saturated rings. The Bertz CT molecular complexity index is 427. The van der Waals surface area contributed by atoms with Crippen molar-refractivity contribution in [2.45, 2.75) is 32.8 Å². The molecule has 0 spiro atoms. The number of nitrogen functional groups attached to an aromatic ring is 1. The molecule has 20 heavy (non-hydrogen) atoms. The Morgan fingerprint density at radius 3 is 2.70 bits per heavy atom. The Kier molecular flexibility index (Phi) is 8.76. The number of ether oxygens (including phenoxy) is 2. The summed E-state index contributed by atoms with van der Waals surface area (Å²) in [5, 5.41) is 2.76. The van der Waals surface area contributed by atoms with Gasteiger partial charge in [-0.25, -0.2) is 0 Å². The van der Waals surface area contributed by atoms with Gasteiger partial charge in [0, 0.05) is 12.3 Å². The summed E-state index contributed by atoms with van der Waals surface area (Å²) >= 11 is 0. The zero-order chi connectivity index (χ0) is 14.3. The Balaban J connectivity index is 0.00000361. The molecule has 0 heterocycles. The lowest BCUT2D eigenvalue weighted by Crippen LogP contribution is -2.28. The number of carbonyl (C=O) groups excluding carboxylic acids is 1. The standard InChI is InChI=1S/C14H22N2O3.ClH/c1-4-5-8-19-10(2)14(17)16-11-6-7-13(18-3)12(15)9-11;/h6-7,9-10H,4-5,8,15H2,1-3H3,(H,16,17);1H. The Hall–Kier alpha value is -1.46. The Morgan fingerprint density at radius 1 is 1.45 bits per heavy atom. The largest absolute Gasteiger partial charge is 0.495 e. The first-order valence-corrected chi connectivity index (χ1v) is 6.44. The first-order valence-electron chi connectivity index (χ1n) is 6.44. The zero-order valence-electron chi connectivity index (χ0n) is 12.1. The fraction of sp³-hybridized carbons (Fsp3) is 0.500. The first kappa shape index (κ1) is 18.5. The van der Waals surface area contributed by atoms with Crippen LogP contribution in [0.15, 0.2) is 18.2 Å². The average molecular weight is 303 g/mol. The van der Waals surface area contributed by atoms with Gasteiger partial charge in [0.25, 0.3) is 5.91 Å². The van der Waals surface area contributed by atoms with Gasteiger partial charge in [-0.1, -0.05) is 13.3 Å². The average Bonchev–Trinajstić information content (AvgIpc) is 2.39. The van der Waals surface area contributed by atoms with Crippen molar-refractivity contribution in [1.29, 1.82) is 0 Å². The third kappa shape index (κ3) is 5.67. The molecule has 0 aliphatic heterocycles. The van der Waals surface area contributed by atoms with E-state index >= 15 is 0 Å². The fourth-order valence-corrected chi connectivity index (χ4v) is 1.54. The maximum absolute atomic E-state index is 11.9. The van der Waals surface area contributed by atoms with Crippen LogP contribution in [0.5, 0.6) is 5.75 Å². The van der Waals surface area contributed by atoms with Gasteiger partial charge in [0.05, 0.1) is 12.8 Å². The molecule has 0 bridgehead atoms. The number of carbonyl (C=O) groups is 1. The van der Waals surface area contributed by atoms with Crippen LogP contribution in [0.4, 0.5) is 11.4 Å². The summed E-state index contributed by atoms with van der Waals surface area (Å²) in [6.45, 7) is 4.40. The molecule has 0 saturated heterocycles. The molecule has 1 aromatic rings. The lowest BCUT2D eigenvalue weighted by Gasteiger charge is -2.14. The van der Waals surface area contributed by atoms with Crippen molar-refractivity contribution in [2.75, 3.05) is 24.8 Å². The summed E-state index contributed by atoms with van der Waals surface area (Å²) in [6, 6.07) is 5.12.